The Kier molecular flexibility index (Phi) is 4.79. The van der Waals surface area contributed by atoms with E-state index in [0.717, 1.165) is 23.8 Å². The van der Waals surface area contributed by atoms with E-state index in [4.69, 9.17) is 4.74 Å². The summed E-state index contributed by atoms with van der Waals surface area (Å²) < 4.78 is 5.95. The summed E-state index contributed by atoms with van der Waals surface area (Å²) in [7, 11) is 0. The number of rotatable bonds is 5. The highest BCUT2D eigenvalue weighted by atomic mass is 16.5. The van der Waals surface area contributed by atoms with Gasteiger partial charge in [0.05, 0.1) is 13.2 Å². The van der Waals surface area contributed by atoms with Crippen molar-refractivity contribution in [3.8, 4) is 0 Å². The van der Waals surface area contributed by atoms with Crippen molar-refractivity contribution in [2.24, 2.45) is 22.7 Å². The molecule has 0 N–H and O–H groups in total. The van der Waals surface area contributed by atoms with Crippen LogP contribution in [0.25, 0.3) is 0 Å². The minimum Gasteiger partial charge on any atom is -0.376 e. The topological polar surface area (TPSA) is 43.4 Å². The summed E-state index contributed by atoms with van der Waals surface area (Å²) >= 11 is 0. The Labute approximate surface area is 149 Å². The highest BCUT2D eigenvalue weighted by Gasteiger charge is 2.58. The van der Waals surface area contributed by atoms with Crippen LogP contribution in [0.1, 0.15) is 32.8 Å². The van der Waals surface area contributed by atoms with Gasteiger partial charge in [-0.15, -0.1) is 0 Å². The molecule has 1 aromatic carbocycles. The van der Waals surface area contributed by atoms with Gasteiger partial charge in [-0.25, -0.2) is 0 Å². The normalized spacial score (nSPS) is 30.5. The van der Waals surface area contributed by atoms with Crippen molar-refractivity contribution < 1.29 is 14.3 Å². The Morgan fingerprint density at radius 1 is 1.24 bits per heavy atom. The number of allylic oxidation sites excluding steroid dienone is 3. The van der Waals surface area contributed by atoms with Crippen LogP contribution in [0.4, 0.5) is 0 Å². The number of ether oxygens (including phenoxy) is 1. The largest absolute Gasteiger partial charge is 0.376 e. The fraction of sp³-hybridized carbons (Fsp3) is 0.455. The summed E-state index contributed by atoms with van der Waals surface area (Å²) in [6.45, 7) is 7.08. The number of fused-ring (bicyclic) bond motifs is 1. The van der Waals surface area contributed by atoms with Crippen molar-refractivity contribution in [2.75, 3.05) is 6.61 Å². The van der Waals surface area contributed by atoms with Crippen LogP contribution in [0, 0.1) is 22.7 Å². The molecule has 0 fully saturated rings. The second-order valence-electron chi connectivity index (χ2n) is 7.86. The van der Waals surface area contributed by atoms with E-state index in [-0.39, 0.29) is 23.0 Å². The predicted octanol–water partition coefficient (Wildman–Crippen LogP) is 4.14. The summed E-state index contributed by atoms with van der Waals surface area (Å²) in [6.07, 6.45) is 7.39. The zero-order chi connectivity index (χ0) is 18.1. The van der Waals surface area contributed by atoms with Crippen molar-refractivity contribution in [1.29, 1.82) is 0 Å². The molecular weight excluding hydrogens is 312 g/mol. The number of benzene rings is 1. The smallest absolute Gasteiger partial charge is 0.169 e. The highest BCUT2D eigenvalue weighted by molar-refractivity contribution is 6.07. The van der Waals surface area contributed by atoms with Gasteiger partial charge >= 0.3 is 0 Å². The van der Waals surface area contributed by atoms with E-state index in [0.29, 0.717) is 13.2 Å². The second-order valence-corrected chi connectivity index (χ2v) is 7.86. The van der Waals surface area contributed by atoms with Gasteiger partial charge < -0.3 is 9.53 Å². The van der Waals surface area contributed by atoms with Crippen LogP contribution in [-0.2, 0) is 20.9 Å². The molecule has 3 atom stereocenters. The molecule has 0 bridgehead atoms. The van der Waals surface area contributed by atoms with E-state index in [9.17, 15) is 9.59 Å². The van der Waals surface area contributed by atoms with Crippen LogP contribution in [0.2, 0.25) is 0 Å². The molecule has 0 saturated heterocycles. The molecule has 25 heavy (non-hydrogen) atoms. The van der Waals surface area contributed by atoms with Crippen LogP contribution >= 0.6 is 0 Å². The molecule has 0 aliphatic heterocycles. The van der Waals surface area contributed by atoms with Crippen molar-refractivity contribution in [1.82, 2.24) is 0 Å². The summed E-state index contributed by atoms with van der Waals surface area (Å²) in [5.41, 5.74) is 0.972. The summed E-state index contributed by atoms with van der Waals surface area (Å²) in [6, 6.07) is 9.95. The molecule has 3 nitrogen and oxygen atoms in total. The van der Waals surface area contributed by atoms with E-state index in [2.05, 4.69) is 19.9 Å². The third kappa shape index (κ3) is 3.02. The van der Waals surface area contributed by atoms with Crippen LogP contribution < -0.4 is 0 Å². The molecule has 2 aliphatic rings. The number of aldehydes is 1. The van der Waals surface area contributed by atoms with Gasteiger partial charge in [-0.05, 0) is 36.3 Å². The molecule has 0 radical (unpaired) electrons. The minimum atomic E-state index is -1.01. The number of carbonyl (C=O) groups is 2. The van der Waals surface area contributed by atoms with Gasteiger partial charge in [-0.3, -0.25) is 4.79 Å². The summed E-state index contributed by atoms with van der Waals surface area (Å²) in [5.74, 6) is -0.305. The minimum absolute atomic E-state index is 0.0241. The summed E-state index contributed by atoms with van der Waals surface area (Å²) in [4.78, 5) is 25.1. The molecule has 0 amide bonds. The first-order valence-electron chi connectivity index (χ1n) is 8.90. The quantitative estimate of drug-likeness (QED) is 0.460. The average molecular weight is 338 g/mol. The van der Waals surface area contributed by atoms with Gasteiger partial charge in [0.15, 0.2) is 5.78 Å². The lowest BCUT2D eigenvalue weighted by molar-refractivity contribution is -0.146. The van der Waals surface area contributed by atoms with Gasteiger partial charge in [0.2, 0.25) is 0 Å². The third-order valence-electron chi connectivity index (χ3n) is 5.96. The highest BCUT2D eigenvalue weighted by Crippen LogP contribution is 2.55. The Bertz CT molecular complexity index is 714. The first-order chi connectivity index (χ1) is 11.9. The van der Waals surface area contributed by atoms with Crippen LogP contribution in [0.5, 0.6) is 0 Å². The Balaban J connectivity index is 1.86. The second kappa shape index (κ2) is 6.72. The first kappa shape index (κ1) is 17.8. The number of hydrogen-bond acceptors (Lipinski definition) is 3. The molecular formula is C22H26O3. The molecule has 3 rings (SSSR count). The first-order valence-corrected chi connectivity index (χ1v) is 8.90. The van der Waals surface area contributed by atoms with Gasteiger partial charge in [0.1, 0.15) is 11.7 Å². The Morgan fingerprint density at radius 2 is 1.96 bits per heavy atom. The monoisotopic (exact) mass is 338 g/mol. The van der Waals surface area contributed by atoms with Gasteiger partial charge in [0, 0.05) is 5.92 Å². The SMILES string of the molecule is CC1=CC[C@H]2C(C)(C)C=CC(=O)[C@@]2(C=O)[C@@H]1COCc1ccccc1. The van der Waals surface area contributed by atoms with Crippen molar-refractivity contribution in [3.63, 3.8) is 0 Å². The molecule has 2 aliphatic carbocycles. The van der Waals surface area contributed by atoms with E-state index in [1.54, 1.807) is 6.08 Å². The summed E-state index contributed by atoms with van der Waals surface area (Å²) in [5, 5.41) is 0. The van der Waals surface area contributed by atoms with E-state index in [1.165, 1.54) is 0 Å². The zero-order valence-corrected chi connectivity index (χ0v) is 15.2. The van der Waals surface area contributed by atoms with Crippen LogP contribution in [-0.4, -0.2) is 18.7 Å². The van der Waals surface area contributed by atoms with Crippen LogP contribution in [0.15, 0.2) is 54.1 Å². The number of carbonyl (C=O) groups excluding carboxylic acids is 2. The molecule has 0 saturated carbocycles. The third-order valence-corrected chi connectivity index (χ3v) is 5.96. The molecule has 3 heteroatoms. The average Bonchev–Trinajstić information content (AvgIpc) is 2.61. The van der Waals surface area contributed by atoms with Gasteiger partial charge in [-0.2, -0.15) is 0 Å². The maximum Gasteiger partial charge on any atom is 0.169 e. The zero-order valence-electron chi connectivity index (χ0n) is 15.2. The van der Waals surface area contributed by atoms with E-state index >= 15 is 0 Å². The van der Waals surface area contributed by atoms with E-state index in [1.807, 2.05) is 43.3 Å². The maximum atomic E-state index is 12.9. The van der Waals surface area contributed by atoms with Crippen LogP contribution in [0.3, 0.4) is 0 Å². The Morgan fingerprint density at radius 3 is 2.64 bits per heavy atom. The lowest BCUT2D eigenvalue weighted by atomic mass is 9.50. The number of hydrogen-bond donors (Lipinski definition) is 0. The maximum absolute atomic E-state index is 12.9. The van der Waals surface area contributed by atoms with Gasteiger partial charge in [0.25, 0.3) is 0 Å². The molecule has 0 heterocycles. The fourth-order valence-electron chi connectivity index (χ4n) is 4.43. The lowest BCUT2D eigenvalue weighted by Gasteiger charge is -2.51. The molecule has 132 valence electrons. The molecule has 0 unspecified atom stereocenters. The lowest BCUT2D eigenvalue weighted by Crippen LogP contribution is -2.55. The molecule has 0 spiro atoms. The number of ketones is 1. The fourth-order valence-corrected chi connectivity index (χ4v) is 4.43. The standard InChI is InChI=1S/C22H26O3/c1-16-9-10-19-21(2,3)12-11-20(24)22(19,15-23)18(16)14-25-13-17-7-5-4-6-8-17/h4-9,11-12,15,18-19H,10,13-14H2,1-3H3/t18-,19+,22+/m1/s1. The van der Waals surface area contributed by atoms with Crippen molar-refractivity contribution in [2.45, 2.75) is 33.8 Å². The van der Waals surface area contributed by atoms with Crippen molar-refractivity contribution in [3.05, 3.63) is 59.7 Å². The van der Waals surface area contributed by atoms with Gasteiger partial charge in [-0.1, -0.05) is 61.9 Å². The Hall–Kier alpha value is -2.00. The predicted molar refractivity (Wildman–Crippen MR) is 97.9 cm³/mol. The van der Waals surface area contributed by atoms with Crippen molar-refractivity contribution >= 4 is 12.1 Å². The van der Waals surface area contributed by atoms with E-state index < -0.39 is 5.41 Å². The molecule has 1 aromatic rings. The molecule has 0 aromatic heterocycles.